The molecular formula is C21H35ClN4. The molecule has 0 radical (unpaired) electrons. The number of rotatable bonds is 15. The molecule has 2 heterocycles. The summed E-state index contributed by atoms with van der Waals surface area (Å²) in [4.78, 5) is 12.5. The fourth-order valence-electron chi connectivity index (χ4n) is 3.52. The number of nitrogens with zero attached hydrogens (tertiary/aromatic N) is 4. The van der Waals surface area contributed by atoms with E-state index in [0.29, 0.717) is 10.8 Å². The standard InChI is InChI=1S/C21H35ClN4/c1-2-3-4-5-6-7-8-9-10-11-12-13-14-15-16-26-18-25-21-19(26)20(22)23-17-24-21/h17-18H,2-16H2,1H3. The van der Waals surface area contributed by atoms with Crippen molar-refractivity contribution in [2.45, 2.75) is 103 Å². The van der Waals surface area contributed by atoms with Gasteiger partial charge in [0.2, 0.25) is 0 Å². The largest absolute Gasteiger partial charge is 0.327 e. The number of halogens is 1. The van der Waals surface area contributed by atoms with Gasteiger partial charge in [-0.15, -0.1) is 0 Å². The lowest BCUT2D eigenvalue weighted by molar-refractivity contribution is 0.526. The van der Waals surface area contributed by atoms with Gasteiger partial charge in [0.1, 0.15) is 11.8 Å². The van der Waals surface area contributed by atoms with Gasteiger partial charge in [-0.25, -0.2) is 15.0 Å². The van der Waals surface area contributed by atoms with E-state index in [4.69, 9.17) is 11.6 Å². The van der Waals surface area contributed by atoms with Crippen molar-refractivity contribution in [1.29, 1.82) is 0 Å². The highest BCUT2D eigenvalue weighted by atomic mass is 35.5. The number of fused-ring (bicyclic) bond motifs is 1. The molecule has 0 atom stereocenters. The highest BCUT2D eigenvalue weighted by molar-refractivity contribution is 6.33. The van der Waals surface area contributed by atoms with Crippen molar-refractivity contribution >= 4 is 22.8 Å². The first-order chi connectivity index (χ1) is 12.8. The number of imidazole rings is 1. The summed E-state index contributed by atoms with van der Waals surface area (Å²) in [5.74, 6) is 0. The average molecular weight is 379 g/mol. The molecule has 0 bridgehead atoms. The van der Waals surface area contributed by atoms with E-state index in [-0.39, 0.29) is 0 Å². The van der Waals surface area contributed by atoms with Crippen molar-refractivity contribution in [3.05, 3.63) is 17.8 Å². The van der Waals surface area contributed by atoms with E-state index in [1.807, 2.05) is 6.33 Å². The molecule has 2 aromatic heterocycles. The van der Waals surface area contributed by atoms with Crippen LogP contribution in [0.4, 0.5) is 0 Å². The zero-order valence-corrected chi connectivity index (χ0v) is 17.2. The molecule has 2 rings (SSSR count). The van der Waals surface area contributed by atoms with Crippen LogP contribution in [0.15, 0.2) is 12.7 Å². The summed E-state index contributed by atoms with van der Waals surface area (Å²) in [6.45, 7) is 3.23. The number of aromatic nitrogens is 4. The van der Waals surface area contributed by atoms with Gasteiger partial charge in [0.25, 0.3) is 0 Å². The summed E-state index contributed by atoms with van der Waals surface area (Å²) >= 11 is 6.16. The Bertz CT molecular complexity index is 611. The summed E-state index contributed by atoms with van der Waals surface area (Å²) < 4.78 is 2.08. The molecule has 0 unspecified atom stereocenters. The molecule has 146 valence electrons. The first-order valence-electron chi connectivity index (χ1n) is 10.6. The number of unbranched alkanes of at least 4 members (excludes halogenated alkanes) is 13. The molecule has 0 aliphatic carbocycles. The number of hydrogen-bond acceptors (Lipinski definition) is 3. The van der Waals surface area contributed by atoms with Gasteiger partial charge < -0.3 is 4.57 Å². The van der Waals surface area contributed by atoms with Crippen molar-refractivity contribution in [2.24, 2.45) is 0 Å². The van der Waals surface area contributed by atoms with Crippen LogP contribution >= 0.6 is 11.6 Å². The second kappa shape index (κ2) is 13.1. The molecule has 0 aromatic carbocycles. The lowest BCUT2D eigenvalue weighted by Crippen LogP contribution is -1.97. The maximum absolute atomic E-state index is 6.16. The molecule has 0 fully saturated rings. The molecule has 0 aliphatic rings. The van der Waals surface area contributed by atoms with Crippen molar-refractivity contribution in [1.82, 2.24) is 19.5 Å². The smallest absolute Gasteiger partial charge is 0.182 e. The summed E-state index contributed by atoms with van der Waals surface area (Å²) in [7, 11) is 0. The molecule has 26 heavy (non-hydrogen) atoms. The third-order valence-corrected chi connectivity index (χ3v) is 5.39. The van der Waals surface area contributed by atoms with Crippen molar-refractivity contribution < 1.29 is 0 Å². The second-order valence-corrected chi connectivity index (χ2v) is 7.73. The fraction of sp³-hybridized carbons (Fsp3) is 0.762. The van der Waals surface area contributed by atoms with Crippen LogP contribution in [0.5, 0.6) is 0 Å². The number of hydrogen-bond donors (Lipinski definition) is 0. The Morgan fingerprint density at radius 2 is 1.27 bits per heavy atom. The summed E-state index contributed by atoms with van der Waals surface area (Å²) in [6, 6.07) is 0. The molecule has 5 heteroatoms. The van der Waals surface area contributed by atoms with Crippen LogP contribution in [-0.2, 0) is 6.54 Å². The Labute approximate surface area is 163 Å². The lowest BCUT2D eigenvalue weighted by Gasteiger charge is -2.05. The van der Waals surface area contributed by atoms with E-state index in [9.17, 15) is 0 Å². The highest BCUT2D eigenvalue weighted by Gasteiger charge is 2.08. The van der Waals surface area contributed by atoms with E-state index in [1.54, 1.807) is 0 Å². The third kappa shape index (κ3) is 7.61. The highest BCUT2D eigenvalue weighted by Crippen LogP contribution is 2.19. The summed E-state index contributed by atoms with van der Waals surface area (Å²) in [5, 5.41) is 0.498. The van der Waals surface area contributed by atoms with Crippen LogP contribution < -0.4 is 0 Å². The molecule has 0 aliphatic heterocycles. The van der Waals surface area contributed by atoms with Gasteiger partial charge in [-0.3, -0.25) is 0 Å². The van der Waals surface area contributed by atoms with E-state index in [0.717, 1.165) is 18.5 Å². The average Bonchev–Trinajstić information content (AvgIpc) is 3.06. The van der Waals surface area contributed by atoms with Gasteiger partial charge in [0.05, 0.1) is 6.33 Å². The van der Waals surface area contributed by atoms with Gasteiger partial charge in [-0.05, 0) is 6.42 Å². The zero-order valence-electron chi connectivity index (χ0n) is 16.4. The predicted octanol–water partition coefficient (Wildman–Crippen LogP) is 6.96. The quantitative estimate of drug-likeness (QED) is 0.248. The van der Waals surface area contributed by atoms with Crippen molar-refractivity contribution in [3.63, 3.8) is 0 Å². The first-order valence-corrected chi connectivity index (χ1v) is 11.0. The minimum atomic E-state index is 0.498. The number of aryl methyl sites for hydroxylation is 1. The van der Waals surface area contributed by atoms with Gasteiger partial charge >= 0.3 is 0 Å². The van der Waals surface area contributed by atoms with Gasteiger partial charge in [-0.1, -0.05) is 102 Å². The fourth-order valence-corrected chi connectivity index (χ4v) is 3.76. The van der Waals surface area contributed by atoms with Gasteiger partial charge in [-0.2, -0.15) is 0 Å². The SMILES string of the molecule is CCCCCCCCCCCCCCCCn1cnc2ncnc(Cl)c21. The molecule has 0 saturated carbocycles. The molecule has 2 aromatic rings. The summed E-state index contributed by atoms with van der Waals surface area (Å²) in [6.07, 6.45) is 22.6. The Morgan fingerprint density at radius 3 is 1.85 bits per heavy atom. The molecule has 0 N–H and O–H groups in total. The Kier molecular flexibility index (Phi) is 10.6. The van der Waals surface area contributed by atoms with Crippen LogP contribution in [0.2, 0.25) is 5.15 Å². The van der Waals surface area contributed by atoms with E-state index in [2.05, 4.69) is 26.4 Å². The third-order valence-electron chi connectivity index (χ3n) is 5.12. The zero-order chi connectivity index (χ0) is 18.5. The van der Waals surface area contributed by atoms with Crippen molar-refractivity contribution in [2.75, 3.05) is 0 Å². The normalized spacial score (nSPS) is 11.5. The minimum absolute atomic E-state index is 0.498. The first kappa shape index (κ1) is 21.1. The molecule has 0 amide bonds. The Hall–Kier alpha value is -1.16. The van der Waals surface area contributed by atoms with Crippen LogP contribution in [-0.4, -0.2) is 19.5 Å². The molecule has 4 nitrogen and oxygen atoms in total. The lowest BCUT2D eigenvalue weighted by atomic mass is 10.0. The maximum Gasteiger partial charge on any atom is 0.182 e. The summed E-state index contributed by atoms with van der Waals surface area (Å²) in [5.41, 5.74) is 1.55. The Balaban J connectivity index is 1.43. The van der Waals surface area contributed by atoms with Crippen LogP contribution in [0.3, 0.4) is 0 Å². The predicted molar refractivity (Wildman–Crippen MR) is 111 cm³/mol. The van der Waals surface area contributed by atoms with E-state index < -0.39 is 0 Å². The van der Waals surface area contributed by atoms with Gasteiger partial charge in [0.15, 0.2) is 10.8 Å². The Morgan fingerprint density at radius 1 is 0.731 bits per heavy atom. The molecule has 0 saturated heterocycles. The maximum atomic E-state index is 6.16. The van der Waals surface area contributed by atoms with Crippen LogP contribution in [0, 0.1) is 0 Å². The van der Waals surface area contributed by atoms with E-state index in [1.165, 1.54) is 89.8 Å². The van der Waals surface area contributed by atoms with Gasteiger partial charge in [0, 0.05) is 6.54 Å². The van der Waals surface area contributed by atoms with Crippen LogP contribution in [0.1, 0.15) is 96.8 Å². The topological polar surface area (TPSA) is 43.6 Å². The van der Waals surface area contributed by atoms with E-state index >= 15 is 0 Å². The molecule has 0 spiro atoms. The second-order valence-electron chi connectivity index (χ2n) is 7.37. The minimum Gasteiger partial charge on any atom is -0.327 e. The molecular weight excluding hydrogens is 344 g/mol. The van der Waals surface area contributed by atoms with Crippen LogP contribution in [0.25, 0.3) is 11.2 Å². The monoisotopic (exact) mass is 378 g/mol. The van der Waals surface area contributed by atoms with Crippen molar-refractivity contribution in [3.8, 4) is 0 Å².